The van der Waals surface area contributed by atoms with Gasteiger partial charge in [0, 0.05) is 26.2 Å². The van der Waals surface area contributed by atoms with E-state index in [9.17, 15) is 14.4 Å². The number of fused-ring (bicyclic) bond motifs is 1. The quantitative estimate of drug-likeness (QED) is 0.662. The van der Waals surface area contributed by atoms with Gasteiger partial charge in [-0.2, -0.15) is 0 Å². The third-order valence-electron chi connectivity index (χ3n) is 4.81. The van der Waals surface area contributed by atoms with E-state index in [1.165, 1.54) is 6.34 Å². The van der Waals surface area contributed by atoms with Crippen LogP contribution >= 0.6 is 0 Å². The van der Waals surface area contributed by atoms with Crippen LogP contribution in [0.4, 0.5) is 4.79 Å². The lowest BCUT2D eigenvalue weighted by molar-refractivity contribution is -0.144. The molecule has 3 aliphatic heterocycles. The molecule has 0 aromatic rings. The van der Waals surface area contributed by atoms with Crippen LogP contribution in [0.3, 0.4) is 0 Å². The number of rotatable bonds is 4. The van der Waals surface area contributed by atoms with Crippen molar-refractivity contribution in [2.24, 2.45) is 4.99 Å². The fourth-order valence-corrected chi connectivity index (χ4v) is 3.49. The van der Waals surface area contributed by atoms with Crippen molar-refractivity contribution in [3.8, 4) is 0 Å². The lowest BCUT2D eigenvalue weighted by Gasteiger charge is -2.40. The number of piperazine rings is 1. The average Bonchev–Trinajstić information content (AvgIpc) is 3.04. The van der Waals surface area contributed by atoms with E-state index in [1.54, 1.807) is 16.7 Å². The van der Waals surface area contributed by atoms with E-state index in [-0.39, 0.29) is 30.6 Å². The van der Waals surface area contributed by atoms with E-state index in [4.69, 9.17) is 9.47 Å². The molecule has 0 saturated carbocycles. The molecule has 0 aliphatic carbocycles. The van der Waals surface area contributed by atoms with Crippen LogP contribution in [0.5, 0.6) is 0 Å². The summed E-state index contributed by atoms with van der Waals surface area (Å²) in [5.41, 5.74) is -0.529. The molecule has 3 aliphatic rings. The van der Waals surface area contributed by atoms with E-state index in [0.717, 1.165) is 0 Å². The Morgan fingerprint density at radius 1 is 1.24 bits per heavy atom. The molecule has 10 nitrogen and oxygen atoms in total. The van der Waals surface area contributed by atoms with Crippen molar-refractivity contribution >= 4 is 24.3 Å². The van der Waals surface area contributed by atoms with Gasteiger partial charge in [-0.3, -0.25) is 14.6 Å². The summed E-state index contributed by atoms with van der Waals surface area (Å²) < 4.78 is 10.4. The molecule has 29 heavy (non-hydrogen) atoms. The third-order valence-corrected chi connectivity index (χ3v) is 4.81. The average molecular weight is 407 g/mol. The largest absolute Gasteiger partial charge is 0.465 e. The Labute approximate surface area is 170 Å². The zero-order chi connectivity index (χ0) is 21.2. The van der Waals surface area contributed by atoms with Gasteiger partial charge in [-0.25, -0.2) is 4.79 Å². The molecule has 0 bridgehead atoms. The molecule has 160 valence electrons. The van der Waals surface area contributed by atoms with Crippen molar-refractivity contribution in [3.63, 3.8) is 0 Å². The van der Waals surface area contributed by atoms with Crippen LogP contribution < -0.4 is 5.32 Å². The van der Waals surface area contributed by atoms with Crippen molar-refractivity contribution in [2.75, 3.05) is 39.3 Å². The molecule has 0 spiro atoms. The number of carbonyl (C=O) groups is 3. The van der Waals surface area contributed by atoms with Gasteiger partial charge < -0.3 is 29.5 Å². The molecule has 2 amide bonds. The SMILES string of the molecule is CCOC(=O)CN1C=NC2C=C(N3CCN(C(=O)OC(C)(C)C)CC3)NC(=O)C21. The Balaban J connectivity index is 1.58. The second kappa shape index (κ2) is 8.30. The van der Waals surface area contributed by atoms with Crippen LogP contribution in [0.15, 0.2) is 16.9 Å². The predicted octanol–water partition coefficient (Wildman–Crippen LogP) is 0.155. The zero-order valence-electron chi connectivity index (χ0n) is 17.4. The molecule has 3 heterocycles. The lowest BCUT2D eigenvalue weighted by Crippen LogP contribution is -2.57. The summed E-state index contributed by atoms with van der Waals surface area (Å²) >= 11 is 0. The van der Waals surface area contributed by atoms with Gasteiger partial charge in [0.25, 0.3) is 5.91 Å². The van der Waals surface area contributed by atoms with E-state index in [2.05, 4.69) is 10.3 Å². The molecule has 0 aromatic heterocycles. The van der Waals surface area contributed by atoms with Gasteiger partial charge >= 0.3 is 12.1 Å². The first kappa shape index (κ1) is 20.9. The number of ether oxygens (including phenoxy) is 2. The second-order valence-electron chi connectivity index (χ2n) is 8.17. The standard InChI is InChI=1S/C19H29N5O5/c1-5-28-15(25)11-24-12-20-13-10-14(21-17(26)16(13)24)22-6-8-23(9-7-22)18(27)29-19(2,3)4/h10,12-13,16H,5-9,11H2,1-4H3,(H,21,26). The minimum absolute atomic E-state index is 0.0103. The maximum absolute atomic E-state index is 12.7. The van der Waals surface area contributed by atoms with E-state index in [0.29, 0.717) is 38.6 Å². The summed E-state index contributed by atoms with van der Waals surface area (Å²) in [5, 5.41) is 2.91. The first-order chi connectivity index (χ1) is 13.7. The Hall–Kier alpha value is -2.78. The number of carbonyl (C=O) groups excluding carboxylic acids is 3. The molecule has 0 aromatic carbocycles. The van der Waals surface area contributed by atoms with Gasteiger partial charge in [0.2, 0.25) is 0 Å². The lowest BCUT2D eigenvalue weighted by atomic mass is 10.0. The van der Waals surface area contributed by atoms with Crippen molar-refractivity contribution in [2.45, 2.75) is 45.4 Å². The van der Waals surface area contributed by atoms with Gasteiger partial charge in [0.1, 0.15) is 30.1 Å². The van der Waals surface area contributed by atoms with Crippen LogP contribution in [0, 0.1) is 0 Å². The number of amides is 2. The highest BCUT2D eigenvalue weighted by Crippen LogP contribution is 2.23. The number of hydrogen-bond acceptors (Lipinski definition) is 8. The van der Waals surface area contributed by atoms with E-state index >= 15 is 0 Å². The minimum atomic E-state index is -0.550. The number of nitrogens with zero attached hydrogens (tertiary/aromatic N) is 4. The fraction of sp³-hybridized carbons (Fsp3) is 0.684. The first-order valence-corrected chi connectivity index (χ1v) is 9.88. The summed E-state index contributed by atoms with van der Waals surface area (Å²) in [4.78, 5) is 46.3. The van der Waals surface area contributed by atoms with Crippen LogP contribution in [-0.2, 0) is 19.1 Å². The third kappa shape index (κ3) is 4.99. The molecule has 2 atom stereocenters. The van der Waals surface area contributed by atoms with Gasteiger partial charge in [-0.15, -0.1) is 0 Å². The molecular formula is C19H29N5O5. The molecule has 3 rings (SSSR count). The highest BCUT2D eigenvalue weighted by molar-refractivity contribution is 5.91. The number of aliphatic imine (C=N–C) groups is 1. The van der Waals surface area contributed by atoms with Crippen LogP contribution in [0.1, 0.15) is 27.7 Å². The van der Waals surface area contributed by atoms with Gasteiger partial charge in [0.15, 0.2) is 0 Å². The van der Waals surface area contributed by atoms with E-state index in [1.807, 2.05) is 31.7 Å². The topological polar surface area (TPSA) is 104 Å². The zero-order valence-corrected chi connectivity index (χ0v) is 17.4. The highest BCUT2D eigenvalue weighted by Gasteiger charge is 2.41. The molecule has 2 unspecified atom stereocenters. The monoisotopic (exact) mass is 407 g/mol. The van der Waals surface area contributed by atoms with Crippen LogP contribution in [-0.4, -0.2) is 96.0 Å². The maximum atomic E-state index is 12.7. The van der Waals surface area contributed by atoms with Crippen molar-refractivity contribution in [1.29, 1.82) is 0 Å². The summed E-state index contributed by atoms with van der Waals surface area (Å²) in [6, 6.07) is -0.900. The molecule has 1 N–H and O–H groups in total. The number of nitrogens with one attached hydrogen (secondary N) is 1. The summed E-state index contributed by atoms with van der Waals surface area (Å²) in [6.07, 6.45) is 3.11. The maximum Gasteiger partial charge on any atom is 0.410 e. The van der Waals surface area contributed by atoms with Crippen LogP contribution in [0.2, 0.25) is 0 Å². The van der Waals surface area contributed by atoms with Gasteiger partial charge in [-0.1, -0.05) is 0 Å². The number of hydrogen-bond donors (Lipinski definition) is 1. The Morgan fingerprint density at radius 2 is 1.93 bits per heavy atom. The molecule has 10 heteroatoms. The minimum Gasteiger partial charge on any atom is -0.465 e. The molecule has 0 radical (unpaired) electrons. The van der Waals surface area contributed by atoms with Crippen LogP contribution in [0.25, 0.3) is 0 Å². The second-order valence-corrected chi connectivity index (χ2v) is 8.17. The normalized spacial score (nSPS) is 24.1. The summed E-state index contributed by atoms with van der Waals surface area (Å²) in [5.74, 6) is 0.0968. The van der Waals surface area contributed by atoms with E-state index < -0.39 is 11.6 Å². The smallest absolute Gasteiger partial charge is 0.410 e. The van der Waals surface area contributed by atoms with Crippen molar-refractivity contribution < 1.29 is 23.9 Å². The first-order valence-electron chi connectivity index (χ1n) is 9.88. The van der Waals surface area contributed by atoms with Crippen molar-refractivity contribution in [3.05, 3.63) is 11.9 Å². The van der Waals surface area contributed by atoms with Gasteiger partial charge in [0.05, 0.1) is 12.9 Å². The number of esters is 1. The highest BCUT2D eigenvalue weighted by atomic mass is 16.6. The van der Waals surface area contributed by atoms with Gasteiger partial charge in [-0.05, 0) is 33.8 Å². The molecule has 1 fully saturated rings. The Morgan fingerprint density at radius 3 is 2.55 bits per heavy atom. The summed E-state index contributed by atoms with van der Waals surface area (Å²) in [7, 11) is 0. The molecular weight excluding hydrogens is 378 g/mol. The van der Waals surface area contributed by atoms with Crippen molar-refractivity contribution in [1.82, 2.24) is 20.0 Å². The Bertz CT molecular complexity index is 721. The Kier molecular flexibility index (Phi) is 5.99. The summed E-state index contributed by atoms with van der Waals surface area (Å²) in [6.45, 7) is 9.73. The fourth-order valence-electron chi connectivity index (χ4n) is 3.49. The molecule has 1 saturated heterocycles. The predicted molar refractivity (Wildman–Crippen MR) is 105 cm³/mol.